The van der Waals surface area contributed by atoms with E-state index in [-0.39, 0.29) is 11.9 Å². The van der Waals surface area contributed by atoms with Gasteiger partial charge in [-0.2, -0.15) is 4.98 Å². The number of aromatic nitrogens is 1. The molecule has 1 unspecified atom stereocenters. The average molecular weight is 428 g/mol. The molecule has 0 saturated carbocycles. The maximum Gasteiger partial charge on any atom is 0.313 e. The van der Waals surface area contributed by atoms with E-state index >= 15 is 0 Å². The van der Waals surface area contributed by atoms with Gasteiger partial charge in [-0.1, -0.05) is 23.7 Å². The van der Waals surface area contributed by atoms with Gasteiger partial charge in [-0.25, -0.2) is 0 Å². The Bertz CT molecular complexity index is 710. The van der Waals surface area contributed by atoms with Crippen molar-refractivity contribution in [1.29, 1.82) is 0 Å². The molecule has 1 heterocycles. The molecule has 1 N–H and O–H groups in total. The second-order valence-electron chi connectivity index (χ2n) is 5.26. The first kappa shape index (κ1) is 19.5. The summed E-state index contributed by atoms with van der Waals surface area (Å²) in [5, 5.41) is 3.84. The number of nitrogens with zero attached hydrogens (tertiary/aromatic N) is 1. The summed E-state index contributed by atoms with van der Waals surface area (Å²) in [6, 6.07) is 11.0. The Morgan fingerprint density at radius 1 is 1.28 bits per heavy atom. The second kappa shape index (κ2) is 9.63. The van der Waals surface area contributed by atoms with Crippen molar-refractivity contribution in [1.82, 2.24) is 4.98 Å². The van der Waals surface area contributed by atoms with Gasteiger partial charge in [0.15, 0.2) is 0 Å². The van der Waals surface area contributed by atoms with Crippen molar-refractivity contribution in [3.8, 4) is 5.88 Å². The second-order valence-corrected chi connectivity index (χ2v) is 6.55. The number of methoxy groups -OCH3 is 1. The van der Waals surface area contributed by atoms with Crippen LogP contribution in [0.4, 0.5) is 5.82 Å². The smallest absolute Gasteiger partial charge is 0.313 e. The van der Waals surface area contributed by atoms with Crippen LogP contribution in [-0.4, -0.2) is 31.2 Å². The molecular weight excluding hydrogens is 408 g/mol. The molecule has 1 aromatic carbocycles. The summed E-state index contributed by atoms with van der Waals surface area (Å²) in [6.07, 6.45) is 0.570. The fraction of sp³-hybridized carbons (Fsp3) is 0.333. The number of pyridine rings is 1. The number of nitrogens with one attached hydrogen (secondary N) is 1. The quantitative estimate of drug-likeness (QED) is 0.621. The molecule has 0 saturated heterocycles. The minimum atomic E-state index is -0.359. The van der Waals surface area contributed by atoms with E-state index in [4.69, 9.17) is 21.1 Å². The Hall–Kier alpha value is -1.79. The Balaban J connectivity index is 2.04. The topological polar surface area (TPSA) is 60.5 Å². The molecule has 0 radical (unpaired) electrons. The first-order chi connectivity index (χ1) is 12.0. The van der Waals surface area contributed by atoms with Crippen molar-refractivity contribution in [2.75, 3.05) is 25.6 Å². The molecule has 25 heavy (non-hydrogen) atoms. The standard InChI is InChI=1S/C18H20BrClN2O3/c1-3-25-18(23)14(12-4-6-13(20)7-5-12)10-11-21-16-9-8-15(19)17(22-16)24-2/h4-9,14H,3,10-11H2,1-2H3,(H,21,22). The molecule has 0 spiro atoms. The average Bonchev–Trinajstić information content (AvgIpc) is 2.61. The highest BCUT2D eigenvalue weighted by atomic mass is 79.9. The van der Waals surface area contributed by atoms with Crippen LogP contribution in [0.2, 0.25) is 5.02 Å². The Morgan fingerprint density at radius 2 is 2.00 bits per heavy atom. The monoisotopic (exact) mass is 426 g/mol. The van der Waals surface area contributed by atoms with E-state index in [1.165, 1.54) is 0 Å². The molecule has 134 valence electrons. The molecule has 0 aliphatic rings. The van der Waals surface area contributed by atoms with Crippen molar-refractivity contribution in [2.24, 2.45) is 0 Å². The number of anilines is 1. The van der Waals surface area contributed by atoms with E-state index in [2.05, 4.69) is 26.2 Å². The van der Waals surface area contributed by atoms with Gasteiger partial charge < -0.3 is 14.8 Å². The van der Waals surface area contributed by atoms with Crippen LogP contribution in [0.1, 0.15) is 24.8 Å². The van der Waals surface area contributed by atoms with Crippen LogP contribution in [0.5, 0.6) is 5.88 Å². The highest BCUT2D eigenvalue weighted by Crippen LogP contribution is 2.25. The van der Waals surface area contributed by atoms with Gasteiger partial charge in [0.25, 0.3) is 0 Å². The van der Waals surface area contributed by atoms with Crippen LogP contribution in [0.3, 0.4) is 0 Å². The summed E-state index contributed by atoms with van der Waals surface area (Å²) in [5.41, 5.74) is 0.881. The molecule has 1 atom stereocenters. The van der Waals surface area contributed by atoms with E-state index in [0.717, 1.165) is 10.0 Å². The van der Waals surface area contributed by atoms with Crippen LogP contribution in [0.25, 0.3) is 0 Å². The zero-order chi connectivity index (χ0) is 18.2. The highest BCUT2D eigenvalue weighted by molar-refractivity contribution is 9.10. The first-order valence-corrected chi connectivity index (χ1v) is 9.08. The summed E-state index contributed by atoms with van der Waals surface area (Å²) in [7, 11) is 1.56. The summed E-state index contributed by atoms with van der Waals surface area (Å²) in [5.74, 6) is 0.582. The fourth-order valence-corrected chi connectivity index (χ4v) is 2.88. The Morgan fingerprint density at radius 3 is 2.64 bits per heavy atom. The van der Waals surface area contributed by atoms with Crippen LogP contribution in [-0.2, 0) is 9.53 Å². The van der Waals surface area contributed by atoms with Crippen molar-refractivity contribution in [3.63, 3.8) is 0 Å². The third kappa shape index (κ3) is 5.61. The summed E-state index contributed by atoms with van der Waals surface area (Å²) in [4.78, 5) is 16.6. The van der Waals surface area contributed by atoms with Gasteiger partial charge in [-0.3, -0.25) is 4.79 Å². The minimum absolute atomic E-state index is 0.243. The summed E-state index contributed by atoms with van der Waals surface area (Å²) in [6.45, 7) is 2.71. The maximum absolute atomic E-state index is 12.3. The predicted molar refractivity (Wildman–Crippen MR) is 102 cm³/mol. The number of halogens is 2. The van der Waals surface area contributed by atoms with Crippen LogP contribution in [0.15, 0.2) is 40.9 Å². The van der Waals surface area contributed by atoms with E-state index in [0.29, 0.717) is 36.3 Å². The Kier molecular flexibility index (Phi) is 7.52. The van der Waals surface area contributed by atoms with Gasteiger partial charge in [-0.05, 0) is 59.1 Å². The van der Waals surface area contributed by atoms with Gasteiger partial charge in [0.1, 0.15) is 5.82 Å². The lowest BCUT2D eigenvalue weighted by atomic mass is 9.96. The van der Waals surface area contributed by atoms with Crippen LogP contribution in [0, 0.1) is 0 Å². The predicted octanol–water partition coefficient (Wildman–Crippen LogP) is 4.66. The fourth-order valence-electron chi connectivity index (χ4n) is 2.37. The molecule has 2 rings (SSSR count). The zero-order valence-electron chi connectivity index (χ0n) is 14.1. The normalized spacial score (nSPS) is 11.7. The lowest BCUT2D eigenvalue weighted by Crippen LogP contribution is -2.19. The molecule has 0 bridgehead atoms. The third-order valence-electron chi connectivity index (χ3n) is 3.59. The largest absolute Gasteiger partial charge is 0.480 e. The highest BCUT2D eigenvalue weighted by Gasteiger charge is 2.21. The van der Waals surface area contributed by atoms with E-state index < -0.39 is 0 Å². The van der Waals surface area contributed by atoms with Gasteiger partial charge in [0.05, 0.1) is 24.1 Å². The van der Waals surface area contributed by atoms with E-state index in [1.807, 2.05) is 24.3 Å². The summed E-state index contributed by atoms with van der Waals surface area (Å²) < 4.78 is 11.2. The lowest BCUT2D eigenvalue weighted by Gasteiger charge is -2.17. The van der Waals surface area contributed by atoms with E-state index in [9.17, 15) is 4.79 Å². The molecule has 5 nitrogen and oxygen atoms in total. The minimum Gasteiger partial charge on any atom is -0.480 e. The molecule has 0 amide bonds. The molecule has 0 fully saturated rings. The number of hydrogen-bond donors (Lipinski definition) is 1. The third-order valence-corrected chi connectivity index (χ3v) is 4.45. The Labute approximate surface area is 160 Å². The van der Waals surface area contributed by atoms with Crippen molar-refractivity contribution < 1.29 is 14.3 Å². The first-order valence-electron chi connectivity index (χ1n) is 7.91. The van der Waals surface area contributed by atoms with Crippen molar-refractivity contribution in [2.45, 2.75) is 19.3 Å². The number of hydrogen-bond acceptors (Lipinski definition) is 5. The maximum atomic E-state index is 12.3. The number of rotatable bonds is 8. The number of ether oxygens (including phenoxy) is 2. The van der Waals surface area contributed by atoms with Crippen LogP contribution >= 0.6 is 27.5 Å². The zero-order valence-corrected chi connectivity index (χ0v) is 16.4. The number of benzene rings is 1. The molecular formula is C18H20BrClN2O3. The molecule has 2 aromatic rings. The summed E-state index contributed by atoms with van der Waals surface area (Å²) >= 11 is 9.30. The SMILES string of the molecule is CCOC(=O)C(CCNc1ccc(Br)c(OC)n1)c1ccc(Cl)cc1. The van der Waals surface area contributed by atoms with Gasteiger partial charge in [0, 0.05) is 11.6 Å². The van der Waals surface area contributed by atoms with Gasteiger partial charge in [-0.15, -0.1) is 0 Å². The van der Waals surface area contributed by atoms with Gasteiger partial charge >= 0.3 is 5.97 Å². The van der Waals surface area contributed by atoms with Gasteiger partial charge in [0.2, 0.25) is 5.88 Å². The molecule has 0 aliphatic carbocycles. The van der Waals surface area contributed by atoms with E-state index in [1.54, 1.807) is 26.2 Å². The van der Waals surface area contributed by atoms with Crippen LogP contribution < -0.4 is 10.1 Å². The molecule has 7 heteroatoms. The lowest BCUT2D eigenvalue weighted by molar-refractivity contribution is -0.145. The van der Waals surface area contributed by atoms with Crippen molar-refractivity contribution >= 4 is 39.3 Å². The number of esters is 1. The number of carbonyl (C=O) groups excluding carboxylic acids is 1. The molecule has 0 aliphatic heterocycles. The molecule has 1 aromatic heterocycles. The van der Waals surface area contributed by atoms with Crippen molar-refractivity contribution in [3.05, 3.63) is 51.5 Å². The number of carbonyl (C=O) groups is 1.